The van der Waals surface area contributed by atoms with Crippen LogP contribution in [-0.2, 0) is 13.2 Å². The molecule has 0 aliphatic carbocycles. The van der Waals surface area contributed by atoms with E-state index in [0.717, 1.165) is 5.75 Å². The van der Waals surface area contributed by atoms with Crippen molar-refractivity contribution < 1.29 is 9.84 Å². The van der Waals surface area contributed by atoms with Crippen LogP contribution < -0.4 is 4.74 Å². The highest BCUT2D eigenvalue weighted by Gasteiger charge is 2.02. The molecule has 0 radical (unpaired) electrons. The van der Waals surface area contributed by atoms with Crippen molar-refractivity contribution in [1.29, 1.82) is 0 Å². The first-order chi connectivity index (χ1) is 8.29. The van der Waals surface area contributed by atoms with Gasteiger partial charge in [0.2, 0.25) is 0 Å². The molecule has 2 aromatic rings. The topological polar surface area (TPSA) is 60.2 Å². The summed E-state index contributed by atoms with van der Waals surface area (Å²) in [5.41, 5.74) is 1.17. The Balaban J connectivity index is 1.87. The standard InChI is InChI=1S/C12H15N3O2/c1-10-3-2-4-11(7-10)17-6-5-15-9-13-14-12(15)8-16/h2-4,7,9,16H,5-6,8H2,1H3. The van der Waals surface area contributed by atoms with Crippen molar-refractivity contribution in [2.24, 2.45) is 0 Å². The van der Waals surface area contributed by atoms with E-state index in [-0.39, 0.29) is 6.61 Å². The van der Waals surface area contributed by atoms with Gasteiger partial charge in [0.1, 0.15) is 25.3 Å². The highest BCUT2D eigenvalue weighted by atomic mass is 16.5. The van der Waals surface area contributed by atoms with E-state index in [4.69, 9.17) is 9.84 Å². The maximum absolute atomic E-state index is 9.00. The van der Waals surface area contributed by atoms with Gasteiger partial charge < -0.3 is 14.4 Å². The lowest BCUT2D eigenvalue weighted by Crippen LogP contribution is -2.10. The number of ether oxygens (including phenoxy) is 1. The van der Waals surface area contributed by atoms with Crippen LogP contribution in [0.3, 0.4) is 0 Å². The fourth-order valence-electron chi connectivity index (χ4n) is 1.56. The molecule has 17 heavy (non-hydrogen) atoms. The molecule has 1 aromatic heterocycles. The SMILES string of the molecule is Cc1cccc(OCCn2cnnc2CO)c1. The van der Waals surface area contributed by atoms with Gasteiger partial charge in [0, 0.05) is 0 Å². The third-order valence-electron chi connectivity index (χ3n) is 2.43. The Kier molecular flexibility index (Phi) is 3.72. The second-order valence-electron chi connectivity index (χ2n) is 3.76. The lowest BCUT2D eigenvalue weighted by molar-refractivity contribution is 0.254. The van der Waals surface area contributed by atoms with Crippen LogP contribution in [-0.4, -0.2) is 26.5 Å². The molecule has 90 valence electrons. The van der Waals surface area contributed by atoms with E-state index in [2.05, 4.69) is 10.2 Å². The second kappa shape index (κ2) is 5.45. The van der Waals surface area contributed by atoms with Crippen LogP contribution >= 0.6 is 0 Å². The molecule has 0 saturated heterocycles. The smallest absolute Gasteiger partial charge is 0.158 e. The molecular formula is C12H15N3O2. The molecule has 0 aliphatic rings. The molecule has 0 spiro atoms. The zero-order valence-electron chi connectivity index (χ0n) is 9.71. The maximum Gasteiger partial charge on any atom is 0.158 e. The summed E-state index contributed by atoms with van der Waals surface area (Å²) in [6.07, 6.45) is 1.59. The summed E-state index contributed by atoms with van der Waals surface area (Å²) >= 11 is 0. The van der Waals surface area contributed by atoms with E-state index in [1.807, 2.05) is 31.2 Å². The molecule has 0 amide bonds. The summed E-state index contributed by atoms with van der Waals surface area (Å²) in [4.78, 5) is 0. The average Bonchev–Trinajstić information content (AvgIpc) is 2.77. The number of hydrogen-bond acceptors (Lipinski definition) is 4. The van der Waals surface area contributed by atoms with Crippen LogP contribution in [0.1, 0.15) is 11.4 Å². The van der Waals surface area contributed by atoms with Crippen LogP contribution in [0.25, 0.3) is 0 Å². The molecular weight excluding hydrogens is 218 g/mol. The van der Waals surface area contributed by atoms with Gasteiger partial charge in [-0.15, -0.1) is 10.2 Å². The van der Waals surface area contributed by atoms with E-state index >= 15 is 0 Å². The fraction of sp³-hybridized carbons (Fsp3) is 0.333. The first-order valence-electron chi connectivity index (χ1n) is 5.46. The Bertz CT molecular complexity index is 482. The van der Waals surface area contributed by atoms with Crippen molar-refractivity contribution >= 4 is 0 Å². The van der Waals surface area contributed by atoms with E-state index in [1.165, 1.54) is 5.56 Å². The van der Waals surface area contributed by atoms with Crippen molar-refractivity contribution in [3.05, 3.63) is 42.0 Å². The first-order valence-corrected chi connectivity index (χ1v) is 5.46. The van der Waals surface area contributed by atoms with Crippen LogP contribution in [0.4, 0.5) is 0 Å². The molecule has 5 heteroatoms. The van der Waals surface area contributed by atoms with Gasteiger partial charge in [0.05, 0.1) is 6.54 Å². The first kappa shape index (κ1) is 11.6. The molecule has 1 aromatic carbocycles. The van der Waals surface area contributed by atoms with Crippen molar-refractivity contribution in [2.75, 3.05) is 6.61 Å². The number of rotatable bonds is 5. The summed E-state index contributed by atoms with van der Waals surface area (Å²) in [6.45, 7) is 3.06. The molecule has 1 heterocycles. The number of benzene rings is 1. The number of hydrogen-bond donors (Lipinski definition) is 1. The zero-order valence-corrected chi connectivity index (χ0v) is 9.71. The van der Waals surface area contributed by atoms with Gasteiger partial charge >= 0.3 is 0 Å². The number of aliphatic hydroxyl groups is 1. The molecule has 0 aliphatic heterocycles. The normalized spacial score (nSPS) is 10.5. The van der Waals surface area contributed by atoms with Gasteiger partial charge in [-0.05, 0) is 24.6 Å². The lowest BCUT2D eigenvalue weighted by Gasteiger charge is -2.08. The van der Waals surface area contributed by atoms with E-state index in [9.17, 15) is 0 Å². The second-order valence-corrected chi connectivity index (χ2v) is 3.76. The minimum Gasteiger partial charge on any atom is -0.492 e. The predicted molar refractivity (Wildman–Crippen MR) is 62.6 cm³/mol. The molecule has 2 rings (SSSR count). The van der Waals surface area contributed by atoms with Crippen LogP contribution in [0.2, 0.25) is 0 Å². The highest BCUT2D eigenvalue weighted by Crippen LogP contribution is 2.12. The highest BCUT2D eigenvalue weighted by molar-refractivity contribution is 5.27. The third kappa shape index (κ3) is 3.04. The summed E-state index contributed by atoms with van der Waals surface area (Å²) in [5.74, 6) is 1.40. The average molecular weight is 233 g/mol. The van der Waals surface area contributed by atoms with Crippen molar-refractivity contribution in [1.82, 2.24) is 14.8 Å². The Morgan fingerprint density at radius 3 is 3.06 bits per heavy atom. The van der Waals surface area contributed by atoms with Gasteiger partial charge in [0.15, 0.2) is 5.82 Å². The third-order valence-corrected chi connectivity index (χ3v) is 2.43. The summed E-state index contributed by atoms with van der Waals surface area (Å²) in [6, 6.07) is 7.89. The monoisotopic (exact) mass is 233 g/mol. The predicted octanol–water partition coefficient (Wildman–Crippen LogP) is 1.16. The molecule has 0 unspecified atom stereocenters. The Morgan fingerprint density at radius 1 is 1.41 bits per heavy atom. The van der Waals surface area contributed by atoms with E-state index < -0.39 is 0 Å². The van der Waals surface area contributed by atoms with Gasteiger partial charge in [-0.3, -0.25) is 0 Å². The minimum absolute atomic E-state index is 0.107. The lowest BCUT2D eigenvalue weighted by atomic mass is 10.2. The van der Waals surface area contributed by atoms with Crippen molar-refractivity contribution in [3.63, 3.8) is 0 Å². The number of aromatic nitrogens is 3. The minimum atomic E-state index is -0.107. The van der Waals surface area contributed by atoms with E-state index in [1.54, 1.807) is 10.9 Å². The van der Waals surface area contributed by atoms with Crippen LogP contribution in [0, 0.1) is 6.92 Å². The van der Waals surface area contributed by atoms with Gasteiger partial charge in [-0.25, -0.2) is 0 Å². The summed E-state index contributed by atoms with van der Waals surface area (Å²) < 4.78 is 7.38. The van der Waals surface area contributed by atoms with Crippen LogP contribution in [0.5, 0.6) is 5.75 Å². The summed E-state index contributed by atoms with van der Waals surface area (Å²) in [5, 5.41) is 16.5. The van der Waals surface area contributed by atoms with Gasteiger partial charge in [0.25, 0.3) is 0 Å². The molecule has 5 nitrogen and oxygen atoms in total. The zero-order chi connectivity index (χ0) is 12.1. The quantitative estimate of drug-likeness (QED) is 0.841. The Labute approximate surface area is 99.7 Å². The summed E-state index contributed by atoms with van der Waals surface area (Å²) in [7, 11) is 0. The fourth-order valence-corrected chi connectivity index (χ4v) is 1.56. The number of aryl methyl sites for hydroxylation is 1. The van der Waals surface area contributed by atoms with Crippen molar-refractivity contribution in [3.8, 4) is 5.75 Å². The molecule has 0 bridgehead atoms. The molecule has 1 N–H and O–H groups in total. The van der Waals surface area contributed by atoms with E-state index in [0.29, 0.717) is 19.0 Å². The number of aliphatic hydroxyl groups excluding tert-OH is 1. The molecule has 0 saturated carbocycles. The van der Waals surface area contributed by atoms with Gasteiger partial charge in [-0.1, -0.05) is 12.1 Å². The maximum atomic E-state index is 9.00. The van der Waals surface area contributed by atoms with Crippen molar-refractivity contribution in [2.45, 2.75) is 20.1 Å². The Morgan fingerprint density at radius 2 is 2.29 bits per heavy atom. The van der Waals surface area contributed by atoms with Crippen LogP contribution in [0.15, 0.2) is 30.6 Å². The molecule has 0 atom stereocenters. The Hall–Kier alpha value is -1.88. The largest absolute Gasteiger partial charge is 0.492 e. The number of nitrogens with zero attached hydrogens (tertiary/aromatic N) is 3. The molecule has 0 fully saturated rings. The van der Waals surface area contributed by atoms with Gasteiger partial charge in [-0.2, -0.15) is 0 Å².